The average molecular weight is 237 g/mol. The van der Waals surface area contributed by atoms with Crippen LogP contribution in [0.2, 0.25) is 0 Å². The molecule has 3 aromatic rings. The van der Waals surface area contributed by atoms with E-state index in [1.54, 1.807) is 35.4 Å². The third-order valence-electron chi connectivity index (χ3n) is 2.64. The highest BCUT2D eigenvalue weighted by Crippen LogP contribution is 2.12. The van der Waals surface area contributed by atoms with Crippen molar-refractivity contribution >= 4 is 17.2 Å². The number of benzene rings is 2. The van der Waals surface area contributed by atoms with Crippen LogP contribution in [0.3, 0.4) is 0 Å². The molecule has 0 radical (unpaired) electrons. The van der Waals surface area contributed by atoms with Gasteiger partial charge in [0, 0.05) is 0 Å². The molecule has 0 aliphatic carbocycles. The Morgan fingerprint density at radius 2 is 2.00 bits per heavy atom. The molecule has 1 N–H and O–H groups in total. The highest BCUT2D eigenvalue weighted by atomic mass is 16.3. The summed E-state index contributed by atoms with van der Waals surface area (Å²) in [6.07, 6.45) is 3.36. The maximum absolute atomic E-state index is 9.36. The molecule has 88 valence electrons. The largest absolute Gasteiger partial charge is 0.508 e. The number of aromatic nitrogens is 2. The number of phenolic OH excluding ortho intramolecular Hbond substituents is 1. The number of rotatable bonds is 2. The molecular formula is C14H11N3O. The fourth-order valence-corrected chi connectivity index (χ4v) is 1.77. The van der Waals surface area contributed by atoms with Crippen molar-refractivity contribution in [2.75, 3.05) is 0 Å². The standard InChI is InChI=1S/C14H11N3O/c18-12-5-3-4-11(8-12)9-16-17-10-15-13-6-1-2-7-14(13)17/h1-10,18H/b16-9+. The molecule has 0 amide bonds. The molecular weight excluding hydrogens is 226 g/mol. The smallest absolute Gasteiger partial charge is 0.118 e. The van der Waals surface area contributed by atoms with Gasteiger partial charge in [0.2, 0.25) is 0 Å². The Bertz CT molecular complexity index is 716. The predicted molar refractivity (Wildman–Crippen MR) is 70.8 cm³/mol. The number of nitrogens with zero attached hydrogens (tertiary/aromatic N) is 3. The minimum Gasteiger partial charge on any atom is -0.508 e. The molecule has 0 atom stereocenters. The molecule has 0 aliphatic heterocycles. The second-order valence-electron chi connectivity index (χ2n) is 3.92. The highest BCUT2D eigenvalue weighted by Gasteiger charge is 1.98. The number of fused-ring (bicyclic) bond motifs is 1. The lowest BCUT2D eigenvalue weighted by atomic mass is 10.2. The van der Waals surface area contributed by atoms with Crippen LogP contribution in [0.4, 0.5) is 0 Å². The minimum absolute atomic E-state index is 0.231. The van der Waals surface area contributed by atoms with E-state index in [-0.39, 0.29) is 5.75 Å². The molecule has 0 spiro atoms. The fourth-order valence-electron chi connectivity index (χ4n) is 1.77. The Balaban J connectivity index is 1.97. The van der Waals surface area contributed by atoms with Gasteiger partial charge < -0.3 is 5.11 Å². The first-order chi connectivity index (χ1) is 8.83. The van der Waals surface area contributed by atoms with Crippen LogP contribution >= 0.6 is 0 Å². The van der Waals surface area contributed by atoms with Crippen LogP contribution in [-0.2, 0) is 0 Å². The number of hydrogen-bond acceptors (Lipinski definition) is 3. The van der Waals surface area contributed by atoms with Crippen LogP contribution in [0, 0.1) is 0 Å². The molecule has 0 fully saturated rings. The Labute approximate surface area is 104 Å². The Morgan fingerprint density at radius 3 is 2.89 bits per heavy atom. The van der Waals surface area contributed by atoms with Crippen molar-refractivity contribution in [1.29, 1.82) is 0 Å². The first-order valence-corrected chi connectivity index (χ1v) is 5.58. The summed E-state index contributed by atoms with van der Waals surface area (Å²) < 4.78 is 1.71. The van der Waals surface area contributed by atoms with E-state index in [1.807, 2.05) is 30.3 Å². The van der Waals surface area contributed by atoms with Gasteiger partial charge in [-0.2, -0.15) is 5.10 Å². The number of hydrogen-bond donors (Lipinski definition) is 1. The monoisotopic (exact) mass is 237 g/mol. The lowest BCUT2D eigenvalue weighted by molar-refractivity contribution is 0.475. The zero-order valence-corrected chi connectivity index (χ0v) is 9.56. The van der Waals surface area contributed by atoms with Crippen LogP contribution in [0.1, 0.15) is 5.56 Å². The zero-order chi connectivity index (χ0) is 12.4. The molecule has 0 saturated carbocycles. The van der Waals surface area contributed by atoms with Gasteiger partial charge in [0.05, 0.1) is 17.2 Å². The van der Waals surface area contributed by atoms with Gasteiger partial charge in [-0.25, -0.2) is 9.66 Å². The average Bonchev–Trinajstić information content (AvgIpc) is 2.80. The van der Waals surface area contributed by atoms with E-state index >= 15 is 0 Å². The summed E-state index contributed by atoms with van der Waals surface area (Å²) in [7, 11) is 0. The van der Waals surface area contributed by atoms with Gasteiger partial charge in [0.15, 0.2) is 0 Å². The van der Waals surface area contributed by atoms with E-state index in [0.717, 1.165) is 16.6 Å². The molecule has 1 heterocycles. The first kappa shape index (κ1) is 10.5. The van der Waals surface area contributed by atoms with Crippen molar-refractivity contribution < 1.29 is 5.11 Å². The maximum Gasteiger partial charge on any atom is 0.118 e. The predicted octanol–water partition coefficient (Wildman–Crippen LogP) is 2.62. The van der Waals surface area contributed by atoms with Gasteiger partial charge in [-0.3, -0.25) is 0 Å². The van der Waals surface area contributed by atoms with Crippen LogP contribution in [-0.4, -0.2) is 21.0 Å². The Morgan fingerprint density at radius 1 is 1.11 bits per heavy atom. The quantitative estimate of drug-likeness (QED) is 0.696. The summed E-state index contributed by atoms with van der Waals surface area (Å²) in [5.74, 6) is 0.231. The highest BCUT2D eigenvalue weighted by molar-refractivity contribution is 5.81. The van der Waals surface area contributed by atoms with E-state index in [0.29, 0.717) is 0 Å². The first-order valence-electron chi connectivity index (χ1n) is 5.58. The van der Waals surface area contributed by atoms with Crippen molar-refractivity contribution in [3.63, 3.8) is 0 Å². The van der Waals surface area contributed by atoms with E-state index in [4.69, 9.17) is 0 Å². The van der Waals surface area contributed by atoms with E-state index in [2.05, 4.69) is 10.1 Å². The lowest BCUT2D eigenvalue weighted by Gasteiger charge is -1.96. The summed E-state index contributed by atoms with van der Waals surface area (Å²) >= 11 is 0. The number of phenols is 1. The second kappa shape index (κ2) is 4.33. The molecule has 0 aliphatic rings. The van der Waals surface area contributed by atoms with Crippen molar-refractivity contribution in [1.82, 2.24) is 9.66 Å². The van der Waals surface area contributed by atoms with Crippen molar-refractivity contribution in [2.24, 2.45) is 5.10 Å². The minimum atomic E-state index is 0.231. The molecule has 3 rings (SSSR count). The van der Waals surface area contributed by atoms with Crippen molar-refractivity contribution in [2.45, 2.75) is 0 Å². The van der Waals surface area contributed by atoms with Crippen molar-refractivity contribution in [3.05, 3.63) is 60.4 Å². The summed E-state index contributed by atoms with van der Waals surface area (Å²) in [4.78, 5) is 4.25. The van der Waals surface area contributed by atoms with Gasteiger partial charge in [0.25, 0.3) is 0 Å². The molecule has 4 nitrogen and oxygen atoms in total. The normalized spacial score (nSPS) is 11.3. The maximum atomic E-state index is 9.36. The SMILES string of the molecule is Oc1cccc(/C=N/n2cnc3ccccc32)c1. The van der Waals surface area contributed by atoms with Crippen molar-refractivity contribution in [3.8, 4) is 5.75 Å². The molecule has 1 aromatic heterocycles. The summed E-state index contributed by atoms with van der Waals surface area (Å²) in [5, 5.41) is 13.7. The molecule has 0 bridgehead atoms. The molecule has 4 heteroatoms. The fraction of sp³-hybridized carbons (Fsp3) is 0. The number of aromatic hydroxyl groups is 1. The van der Waals surface area contributed by atoms with E-state index in [9.17, 15) is 5.11 Å². The molecule has 18 heavy (non-hydrogen) atoms. The van der Waals surface area contributed by atoms with Crippen LogP contribution in [0.15, 0.2) is 60.0 Å². The summed E-state index contributed by atoms with van der Waals surface area (Å²) in [5.41, 5.74) is 2.70. The van der Waals surface area contributed by atoms with Gasteiger partial charge >= 0.3 is 0 Å². The Kier molecular flexibility index (Phi) is 2.53. The molecule has 0 unspecified atom stereocenters. The van der Waals surface area contributed by atoms with E-state index in [1.165, 1.54) is 0 Å². The van der Waals surface area contributed by atoms with Crippen LogP contribution < -0.4 is 0 Å². The molecule has 0 saturated heterocycles. The summed E-state index contributed by atoms with van der Waals surface area (Å²) in [6, 6.07) is 14.7. The third kappa shape index (κ3) is 1.96. The van der Waals surface area contributed by atoms with Gasteiger partial charge in [-0.05, 0) is 29.8 Å². The second-order valence-corrected chi connectivity index (χ2v) is 3.92. The zero-order valence-electron chi connectivity index (χ0n) is 9.56. The molecule has 2 aromatic carbocycles. The van der Waals surface area contributed by atoms with E-state index < -0.39 is 0 Å². The van der Waals surface area contributed by atoms with Crippen LogP contribution in [0.5, 0.6) is 5.75 Å². The lowest BCUT2D eigenvalue weighted by Crippen LogP contribution is -1.88. The van der Waals surface area contributed by atoms with Gasteiger partial charge in [-0.1, -0.05) is 24.3 Å². The third-order valence-corrected chi connectivity index (χ3v) is 2.64. The Hall–Kier alpha value is -2.62. The number of imidazole rings is 1. The van der Waals surface area contributed by atoms with Crippen LogP contribution in [0.25, 0.3) is 11.0 Å². The van der Waals surface area contributed by atoms with Gasteiger partial charge in [-0.15, -0.1) is 0 Å². The summed E-state index contributed by atoms with van der Waals surface area (Å²) in [6.45, 7) is 0. The number of para-hydroxylation sites is 2. The topological polar surface area (TPSA) is 50.4 Å². The van der Waals surface area contributed by atoms with Gasteiger partial charge in [0.1, 0.15) is 12.1 Å².